The number of hydrogen-bond acceptors (Lipinski definition) is 7. The number of hydrogen-bond donors (Lipinski definition) is 0. The van der Waals surface area contributed by atoms with Crippen molar-refractivity contribution in [2.24, 2.45) is 0 Å². The van der Waals surface area contributed by atoms with Crippen molar-refractivity contribution in [3.8, 4) is 0 Å². The molecule has 1 amide bonds. The normalized spacial score (nSPS) is 15.8. The standard InChI is InChI=1S/C16H17F3N4O5S/c1-28-7-6-20-2-4-21(5-3-20)14(24)15-22(25)11-8-10(16(17,18)19)9-12(23(26)27)13(11)29-15/h8-9H,2-7H2,1H3. The van der Waals surface area contributed by atoms with Crippen molar-refractivity contribution in [1.29, 1.82) is 0 Å². The molecule has 1 aromatic heterocycles. The van der Waals surface area contributed by atoms with E-state index in [4.69, 9.17) is 4.74 Å². The van der Waals surface area contributed by atoms with Crippen LogP contribution in [0, 0.1) is 15.3 Å². The van der Waals surface area contributed by atoms with Crippen molar-refractivity contribution in [2.45, 2.75) is 6.18 Å². The molecular weight excluding hydrogens is 417 g/mol. The molecule has 0 spiro atoms. The summed E-state index contributed by atoms with van der Waals surface area (Å²) >= 11 is 0.531. The maximum absolute atomic E-state index is 13.1. The van der Waals surface area contributed by atoms with Crippen LogP contribution in [0.5, 0.6) is 0 Å². The Morgan fingerprint density at radius 1 is 1.31 bits per heavy atom. The summed E-state index contributed by atoms with van der Waals surface area (Å²) in [5.41, 5.74) is -2.71. The first-order chi connectivity index (χ1) is 13.6. The first-order valence-electron chi connectivity index (χ1n) is 8.55. The number of aromatic nitrogens is 1. The van der Waals surface area contributed by atoms with Gasteiger partial charge in [0, 0.05) is 52.0 Å². The van der Waals surface area contributed by atoms with E-state index < -0.39 is 38.8 Å². The zero-order valence-electron chi connectivity index (χ0n) is 15.3. The molecule has 0 N–H and O–H groups in total. The molecule has 0 saturated carbocycles. The van der Waals surface area contributed by atoms with Crippen LogP contribution in [0.2, 0.25) is 0 Å². The first-order valence-corrected chi connectivity index (χ1v) is 9.37. The van der Waals surface area contributed by atoms with E-state index in [0.29, 0.717) is 62.8 Å². The van der Waals surface area contributed by atoms with Crippen LogP contribution in [0.15, 0.2) is 12.1 Å². The van der Waals surface area contributed by atoms with Crippen molar-refractivity contribution in [3.63, 3.8) is 0 Å². The third-order valence-corrected chi connectivity index (χ3v) is 5.79. The van der Waals surface area contributed by atoms with Crippen LogP contribution >= 0.6 is 11.3 Å². The van der Waals surface area contributed by atoms with E-state index in [1.54, 1.807) is 7.11 Å². The Hall–Kier alpha value is -2.51. The number of nitro groups is 1. The Bertz CT molecular complexity index is 941. The highest BCUT2D eigenvalue weighted by Gasteiger charge is 2.38. The first kappa shape index (κ1) is 21.2. The lowest BCUT2D eigenvalue weighted by atomic mass is 10.2. The number of benzene rings is 1. The van der Waals surface area contributed by atoms with Gasteiger partial charge in [0.2, 0.25) is 5.52 Å². The number of alkyl halides is 3. The maximum atomic E-state index is 13.1. The molecular formula is C16H17F3N4O5S. The zero-order chi connectivity index (χ0) is 21.3. The number of ether oxygens (including phenoxy) is 1. The van der Waals surface area contributed by atoms with Crippen LogP contribution in [0.3, 0.4) is 0 Å². The smallest absolute Gasteiger partial charge is 0.416 e. The van der Waals surface area contributed by atoms with Gasteiger partial charge in [0.15, 0.2) is 4.70 Å². The summed E-state index contributed by atoms with van der Waals surface area (Å²) in [6.07, 6.45) is -4.86. The fourth-order valence-corrected chi connectivity index (χ4v) is 4.14. The summed E-state index contributed by atoms with van der Waals surface area (Å²) in [6.45, 7) is 2.99. The molecule has 29 heavy (non-hydrogen) atoms. The number of rotatable bonds is 5. The molecule has 1 aromatic carbocycles. The molecule has 0 aliphatic carbocycles. The molecule has 158 valence electrons. The van der Waals surface area contributed by atoms with Crippen molar-refractivity contribution in [3.05, 3.63) is 38.0 Å². The van der Waals surface area contributed by atoms with Gasteiger partial charge in [-0.15, -0.1) is 4.73 Å². The van der Waals surface area contributed by atoms with E-state index in [2.05, 4.69) is 4.90 Å². The van der Waals surface area contributed by atoms with Gasteiger partial charge in [-0.1, -0.05) is 0 Å². The van der Waals surface area contributed by atoms with Gasteiger partial charge in [0.05, 0.1) is 17.1 Å². The molecule has 0 radical (unpaired) electrons. The molecule has 0 unspecified atom stereocenters. The van der Waals surface area contributed by atoms with Gasteiger partial charge < -0.3 is 14.8 Å². The number of thiazole rings is 1. The molecule has 0 atom stereocenters. The van der Waals surface area contributed by atoms with Crippen molar-refractivity contribution in [1.82, 2.24) is 9.80 Å². The predicted octanol–water partition coefficient (Wildman–Crippen LogP) is 1.87. The van der Waals surface area contributed by atoms with Gasteiger partial charge in [-0.3, -0.25) is 19.8 Å². The number of carbonyl (C=O) groups is 1. The minimum atomic E-state index is -4.86. The molecule has 0 bridgehead atoms. The van der Waals surface area contributed by atoms with Crippen molar-refractivity contribution >= 4 is 33.1 Å². The highest BCUT2D eigenvalue weighted by molar-refractivity contribution is 7.20. The summed E-state index contributed by atoms with van der Waals surface area (Å²) < 4.78 is 44.0. The number of fused-ring (bicyclic) bond motifs is 1. The lowest BCUT2D eigenvalue weighted by molar-refractivity contribution is -0.574. The minimum Gasteiger partial charge on any atom is -0.617 e. The van der Waals surface area contributed by atoms with Crippen LogP contribution in [-0.4, -0.2) is 67.1 Å². The molecule has 1 saturated heterocycles. The average molecular weight is 434 g/mol. The van der Waals surface area contributed by atoms with Gasteiger partial charge in [-0.25, -0.2) is 0 Å². The van der Waals surface area contributed by atoms with Crippen molar-refractivity contribution in [2.75, 3.05) is 46.4 Å². The van der Waals surface area contributed by atoms with E-state index in [9.17, 15) is 33.3 Å². The van der Waals surface area contributed by atoms with Crippen LogP contribution in [0.4, 0.5) is 18.9 Å². The lowest BCUT2D eigenvalue weighted by Crippen LogP contribution is -2.51. The maximum Gasteiger partial charge on any atom is 0.416 e. The van der Waals surface area contributed by atoms with Gasteiger partial charge >= 0.3 is 17.1 Å². The van der Waals surface area contributed by atoms with E-state index in [1.165, 1.54) is 4.90 Å². The van der Waals surface area contributed by atoms with Gasteiger partial charge in [-0.05, 0) is 11.3 Å². The third-order valence-electron chi connectivity index (χ3n) is 4.63. The number of carbonyl (C=O) groups excluding carboxylic acids is 1. The van der Waals surface area contributed by atoms with Gasteiger partial charge in [0.25, 0.3) is 5.69 Å². The highest BCUT2D eigenvalue weighted by Crippen LogP contribution is 2.38. The molecule has 9 nitrogen and oxygen atoms in total. The lowest BCUT2D eigenvalue weighted by Gasteiger charge is -2.33. The van der Waals surface area contributed by atoms with Crippen LogP contribution in [0.25, 0.3) is 10.2 Å². The second-order valence-electron chi connectivity index (χ2n) is 6.43. The fraction of sp³-hybridized carbons (Fsp3) is 0.500. The topological polar surface area (TPSA) is 103 Å². The fourth-order valence-electron chi connectivity index (χ4n) is 3.06. The largest absolute Gasteiger partial charge is 0.617 e. The van der Waals surface area contributed by atoms with E-state index in [0.717, 1.165) is 0 Å². The van der Waals surface area contributed by atoms with Crippen LogP contribution < -0.4 is 4.73 Å². The number of nitrogens with zero attached hydrogens (tertiary/aromatic N) is 4. The Morgan fingerprint density at radius 2 is 1.97 bits per heavy atom. The van der Waals surface area contributed by atoms with E-state index in [-0.39, 0.29) is 9.43 Å². The summed E-state index contributed by atoms with van der Waals surface area (Å²) in [5.74, 6) is -0.657. The molecule has 3 rings (SSSR count). The number of methoxy groups -OCH3 is 1. The SMILES string of the molecule is COCCN1CCN(C(=O)c2sc3c([N+](=O)[O-])cc(C(F)(F)F)cc3[n+]2[O-])CC1. The minimum absolute atomic E-state index is 0.0574. The second kappa shape index (κ2) is 8.08. The molecule has 1 fully saturated rings. The Labute approximate surface area is 166 Å². The number of amides is 1. The number of nitro benzene ring substituents is 1. The van der Waals surface area contributed by atoms with Crippen molar-refractivity contribution < 1.29 is 32.4 Å². The summed E-state index contributed by atoms with van der Waals surface area (Å²) in [7, 11) is 1.58. The van der Waals surface area contributed by atoms with E-state index >= 15 is 0 Å². The van der Waals surface area contributed by atoms with Gasteiger partial charge in [0.1, 0.15) is 0 Å². The molecule has 1 aliphatic heterocycles. The van der Waals surface area contributed by atoms with E-state index in [1.807, 2.05) is 0 Å². The monoisotopic (exact) mass is 434 g/mol. The number of non-ortho nitro benzene ring substituents is 1. The number of piperazine rings is 1. The second-order valence-corrected chi connectivity index (χ2v) is 7.43. The number of halogens is 3. The molecule has 1 aliphatic rings. The zero-order valence-corrected chi connectivity index (χ0v) is 16.1. The molecule has 2 heterocycles. The van der Waals surface area contributed by atoms with Gasteiger partial charge in [-0.2, -0.15) is 13.2 Å². The Morgan fingerprint density at radius 3 is 2.52 bits per heavy atom. The average Bonchev–Trinajstić information content (AvgIpc) is 3.01. The predicted molar refractivity (Wildman–Crippen MR) is 96.7 cm³/mol. The van der Waals surface area contributed by atoms with Crippen LogP contribution in [0.1, 0.15) is 15.4 Å². The summed E-state index contributed by atoms with van der Waals surface area (Å²) in [4.78, 5) is 26.5. The third kappa shape index (κ3) is 4.26. The molecule has 2 aromatic rings. The summed E-state index contributed by atoms with van der Waals surface area (Å²) in [6, 6.07) is 0.910. The molecule has 13 heteroatoms. The summed E-state index contributed by atoms with van der Waals surface area (Å²) in [5, 5.41) is 23.4. The Balaban J connectivity index is 1.92. The quantitative estimate of drug-likeness (QED) is 0.308. The Kier molecular flexibility index (Phi) is 5.91. The highest BCUT2D eigenvalue weighted by atomic mass is 32.1. The van der Waals surface area contributed by atoms with Crippen LogP contribution in [-0.2, 0) is 10.9 Å².